The normalized spacial score (nSPS) is 27.9. The van der Waals surface area contributed by atoms with Gasteiger partial charge in [-0.2, -0.15) is 0 Å². The van der Waals surface area contributed by atoms with Crippen LogP contribution in [0.25, 0.3) is 0 Å². The van der Waals surface area contributed by atoms with E-state index in [1.165, 1.54) is 0 Å². The number of hydrogen-bond donors (Lipinski definition) is 2. The van der Waals surface area contributed by atoms with Crippen LogP contribution < -0.4 is 10.6 Å². The molecule has 0 aromatic heterocycles. The molecular weight excluding hydrogens is 178 g/mol. The first-order valence-electron chi connectivity index (χ1n) is 4.56. The van der Waals surface area contributed by atoms with Gasteiger partial charge >= 0.3 is 0 Å². The standard InChI is InChI=1S/C10H9N3O/c14-10-8-6-2-1-3-7(6)13-9(8)11-4-5-12-10/h1-4,6,13H,5H2,(H,12,14). The van der Waals surface area contributed by atoms with Gasteiger partial charge in [0.25, 0.3) is 5.91 Å². The molecule has 2 heterocycles. The molecule has 1 amide bonds. The fraction of sp³-hybridized carbons (Fsp3) is 0.200. The highest BCUT2D eigenvalue weighted by molar-refractivity contribution is 5.99. The van der Waals surface area contributed by atoms with Crippen LogP contribution in [0.2, 0.25) is 0 Å². The number of allylic oxidation sites excluding steroid dienone is 3. The van der Waals surface area contributed by atoms with E-state index in [1.807, 2.05) is 18.2 Å². The van der Waals surface area contributed by atoms with Gasteiger partial charge in [-0.1, -0.05) is 12.2 Å². The summed E-state index contributed by atoms with van der Waals surface area (Å²) >= 11 is 0. The largest absolute Gasteiger partial charge is 0.347 e. The molecule has 1 aliphatic carbocycles. The van der Waals surface area contributed by atoms with Gasteiger partial charge in [-0.3, -0.25) is 4.79 Å². The van der Waals surface area contributed by atoms with E-state index < -0.39 is 0 Å². The van der Waals surface area contributed by atoms with Gasteiger partial charge < -0.3 is 10.6 Å². The van der Waals surface area contributed by atoms with E-state index in [-0.39, 0.29) is 11.8 Å². The summed E-state index contributed by atoms with van der Waals surface area (Å²) in [6.07, 6.45) is 7.64. The number of nitrogens with one attached hydrogen (secondary N) is 2. The minimum Gasteiger partial charge on any atom is -0.347 e. The molecule has 2 N–H and O–H groups in total. The molecule has 0 bridgehead atoms. The molecule has 4 heteroatoms. The van der Waals surface area contributed by atoms with Crippen LogP contribution in [0.5, 0.6) is 0 Å². The number of aliphatic imine (C=N–C) groups is 1. The first kappa shape index (κ1) is 7.55. The van der Waals surface area contributed by atoms with Gasteiger partial charge in [-0.25, -0.2) is 4.99 Å². The van der Waals surface area contributed by atoms with Crippen molar-refractivity contribution in [3.8, 4) is 0 Å². The van der Waals surface area contributed by atoms with Crippen molar-refractivity contribution in [2.24, 2.45) is 10.9 Å². The smallest absolute Gasteiger partial charge is 0.252 e. The fourth-order valence-corrected chi connectivity index (χ4v) is 1.92. The number of carbonyl (C=O) groups is 1. The number of hydrogen-bond acceptors (Lipinski definition) is 3. The average Bonchev–Trinajstić information content (AvgIpc) is 2.66. The van der Waals surface area contributed by atoms with Gasteiger partial charge in [0.15, 0.2) is 0 Å². The maximum atomic E-state index is 11.7. The predicted octanol–water partition coefficient (Wildman–Crippen LogP) is 0.0717. The lowest BCUT2D eigenvalue weighted by atomic mass is 10.0. The molecule has 1 unspecified atom stereocenters. The number of rotatable bonds is 0. The van der Waals surface area contributed by atoms with Gasteiger partial charge in [-0.15, -0.1) is 0 Å². The molecule has 70 valence electrons. The number of fused-ring (bicyclic) bond motifs is 2. The first-order chi connectivity index (χ1) is 6.86. The Balaban J connectivity index is 2.10. The molecule has 1 atom stereocenters. The van der Waals surface area contributed by atoms with Gasteiger partial charge in [0, 0.05) is 11.9 Å². The highest BCUT2D eigenvalue weighted by Gasteiger charge is 2.34. The first-order valence-corrected chi connectivity index (χ1v) is 4.56. The lowest BCUT2D eigenvalue weighted by molar-refractivity contribution is -0.117. The molecule has 3 rings (SSSR count). The van der Waals surface area contributed by atoms with Gasteiger partial charge in [0.05, 0.1) is 18.0 Å². The summed E-state index contributed by atoms with van der Waals surface area (Å²) in [5, 5.41) is 5.93. The highest BCUT2D eigenvalue weighted by Crippen LogP contribution is 2.34. The predicted molar refractivity (Wildman–Crippen MR) is 52.4 cm³/mol. The lowest BCUT2D eigenvalue weighted by Crippen LogP contribution is -2.27. The number of amides is 1. The molecule has 3 aliphatic rings. The summed E-state index contributed by atoms with van der Waals surface area (Å²) in [5.74, 6) is 0.755. The second kappa shape index (κ2) is 2.57. The van der Waals surface area contributed by atoms with E-state index in [0.29, 0.717) is 12.4 Å². The zero-order valence-corrected chi connectivity index (χ0v) is 7.45. The van der Waals surface area contributed by atoms with Gasteiger partial charge in [-0.05, 0) is 6.08 Å². The third-order valence-electron chi connectivity index (χ3n) is 2.56. The van der Waals surface area contributed by atoms with E-state index in [2.05, 4.69) is 15.6 Å². The van der Waals surface area contributed by atoms with Gasteiger partial charge in [0.1, 0.15) is 5.82 Å². The SMILES string of the molecule is O=C1NCC=NC2=C1C1C=CC=C1N2. The van der Waals surface area contributed by atoms with Crippen LogP contribution in [0.15, 0.2) is 40.3 Å². The lowest BCUT2D eigenvalue weighted by Gasteiger charge is -2.06. The molecule has 0 spiro atoms. The molecule has 0 radical (unpaired) electrons. The van der Waals surface area contributed by atoms with Crippen LogP contribution in [0.4, 0.5) is 0 Å². The Morgan fingerprint density at radius 2 is 2.43 bits per heavy atom. The van der Waals surface area contributed by atoms with E-state index >= 15 is 0 Å². The molecule has 4 nitrogen and oxygen atoms in total. The second-order valence-electron chi connectivity index (χ2n) is 3.39. The topological polar surface area (TPSA) is 53.5 Å². The van der Waals surface area contributed by atoms with Crippen molar-refractivity contribution in [3.63, 3.8) is 0 Å². The van der Waals surface area contributed by atoms with E-state index in [1.54, 1.807) is 6.21 Å². The molecular formula is C10H9N3O. The minimum atomic E-state index is -0.0232. The summed E-state index contributed by atoms with van der Waals surface area (Å²) in [6, 6.07) is 0. The van der Waals surface area contributed by atoms with Crippen LogP contribution in [-0.2, 0) is 4.79 Å². The molecule has 14 heavy (non-hydrogen) atoms. The van der Waals surface area contributed by atoms with Crippen molar-refractivity contribution in [2.75, 3.05) is 6.54 Å². The van der Waals surface area contributed by atoms with Crippen molar-refractivity contribution in [3.05, 3.63) is 35.3 Å². The summed E-state index contributed by atoms with van der Waals surface area (Å²) in [5.41, 5.74) is 1.78. The van der Waals surface area contributed by atoms with Gasteiger partial charge in [0.2, 0.25) is 0 Å². The molecule has 0 fully saturated rings. The fourth-order valence-electron chi connectivity index (χ4n) is 1.92. The van der Waals surface area contributed by atoms with Crippen molar-refractivity contribution >= 4 is 12.1 Å². The summed E-state index contributed by atoms with van der Waals surface area (Å²) in [7, 11) is 0. The molecule has 0 saturated carbocycles. The zero-order chi connectivity index (χ0) is 9.54. The minimum absolute atomic E-state index is 0.0232. The van der Waals surface area contributed by atoms with E-state index in [9.17, 15) is 4.79 Å². The van der Waals surface area contributed by atoms with Crippen LogP contribution >= 0.6 is 0 Å². The maximum absolute atomic E-state index is 11.7. The highest BCUT2D eigenvalue weighted by atomic mass is 16.1. The summed E-state index contributed by atoms with van der Waals surface area (Å²) in [4.78, 5) is 15.9. The van der Waals surface area contributed by atoms with E-state index in [0.717, 1.165) is 11.3 Å². The molecule has 0 aromatic carbocycles. The van der Waals surface area contributed by atoms with Crippen LogP contribution in [-0.4, -0.2) is 18.7 Å². The Labute approximate surface area is 81.1 Å². The van der Waals surface area contributed by atoms with Crippen molar-refractivity contribution < 1.29 is 4.79 Å². The van der Waals surface area contributed by atoms with E-state index in [4.69, 9.17) is 0 Å². The molecule has 0 aromatic rings. The Morgan fingerprint density at radius 3 is 3.36 bits per heavy atom. The summed E-state index contributed by atoms with van der Waals surface area (Å²) < 4.78 is 0. The maximum Gasteiger partial charge on any atom is 0.252 e. The van der Waals surface area contributed by atoms with Crippen LogP contribution in [0, 0.1) is 5.92 Å². The average molecular weight is 187 g/mol. The quantitative estimate of drug-likeness (QED) is 0.564. The number of carbonyl (C=O) groups excluding carboxylic acids is 1. The molecule has 2 aliphatic heterocycles. The van der Waals surface area contributed by atoms with Crippen molar-refractivity contribution in [1.82, 2.24) is 10.6 Å². The number of nitrogens with zero attached hydrogens (tertiary/aromatic N) is 1. The van der Waals surface area contributed by atoms with Crippen LogP contribution in [0.3, 0.4) is 0 Å². The summed E-state index contributed by atoms with van der Waals surface area (Å²) in [6.45, 7) is 0.503. The Morgan fingerprint density at radius 1 is 1.50 bits per heavy atom. The van der Waals surface area contributed by atoms with Crippen LogP contribution in [0.1, 0.15) is 0 Å². The zero-order valence-electron chi connectivity index (χ0n) is 7.45. The Hall–Kier alpha value is -1.84. The monoisotopic (exact) mass is 187 g/mol. The molecule has 0 saturated heterocycles. The Kier molecular flexibility index (Phi) is 1.39. The van der Waals surface area contributed by atoms with Crippen molar-refractivity contribution in [2.45, 2.75) is 0 Å². The second-order valence-corrected chi connectivity index (χ2v) is 3.39. The third kappa shape index (κ3) is 0.878. The Bertz CT molecular complexity index is 429. The third-order valence-corrected chi connectivity index (χ3v) is 2.56. The van der Waals surface area contributed by atoms with Crippen molar-refractivity contribution in [1.29, 1.82) is 0 Å².